The van der Waals surface area contributed by atoms with Crippen LogP contribution in [0, 0.1) is 6.92 Å². The topological polar surface area (TPSA) is 67.9 Å². The molecule has 0 heterocycles. The van der Waals surface area contributed by atoms with Crippen LogP contribution in [0.4, 0.5) is 5.69 Å². The van der Waals surface area contributed by atoms with Crippen LogP contribution in [0.5, 0.6) is 11.5 Å². The van der Waals surface area contributed by atoms with E-state index < -0.39 is 0 Å². The van der Waals surface area contributed by atoms with Gasteiger partial charge < -0.3 is 19.7 Å². The van der Waals surface area contributed by atoms with E-state index in [4.69, 9.17) is 9.47 Å². The third-order valence-corrected chi connectivity index (χ3v) is 4.03. The minimum absolute atomic E-state index is 0.0302. The Bertz CT molecular complexity index is 772. The van der Waals surface area contributed by atoms with Crippen LogP contribution >= 0.6 is 0 Å². The lowest BCUT2D eigenvalue weighted by molar-refractivity contribution is -0.116. The van der Waals surface area contributed by atoms with Crippen molar-refractivity contribution in [2.75, 3.05) is 32.6 Å². The molecule has 0 saturated heterocycles. The highest BCUT2D eigenvalue weighted by atomic mass is 16.5. The van der Waals surface area contributed by atoms with Crippen molar-refractivity contribution in [2.45, 2.75) is 13.8 Å². The van der Waals surface area contributed by atoms with E-state index in [1.165, 1.54) is 4.90 Å². The minimum Gasteiger partial charge on any atom is -0.497 e. The van der Waals surface area contributed by atoms with E-state index in [0.29, 0.717) is 29.3 Å². The highest BCUT2D eigenvalue weighted by Crippen LogP contribution is 2.20. The van der Waals surface area contributed by atoms with Gasteiger partial charge in [-0.25, -0.2) is 0 Å². The van der Waals surface area contributed by atoms with Gasteiger partial charge >= 0.3 is 0 Å². The van der Waals surface area contributed by atoms with Crippen molar-refractivity contribution in [1.82, 2.24) is 4.90 Å². The minimum atomic E-state index is -0.260. The number of ether oxygens (including phenoxy) is 2. The molecule has 0 radical (unpaired) electrons. The number of carbonyl (C=O) groups is 2. The zero-order valence-corrected chi connectivity index (χ0v) is 15.5. The summed E-state index contributed by atoms with van der Waals surface area (Å²) >= 11 is 0. The Labute approximate surface area is 153 Å². The molecule has 1 N–H and O–H groups in total. The normalized spacial score (nSPS) is 10.2. The van der Waals surface area contributed by atoms with Crippen molar-refractivity contribution in [3.63, 3.8) is 0 Å². The lowest BCUT2D eigenvalue weighted by Gasteiger charge is -2.21. The molecule has 0 bridgehead atoms. The van der Waals surface area contributed by atoms with Crippen molar-refractivity contribution in [3.8, 4) is 11.5 Å². The maximum atomic E-state index is 12.7. The molecule has 6 heteroatoms. The highest BCUT2D eigenvalue weighted by Gasteiger charge is 2.18. The summed E-state index contributed by atoms with van der Waals surface area (Å²) in [6, 6.07) is 12.3. The molecule has 26 heavy (non-hydrogen) atoms. The average Bonchev–Trinajstić information content (AvgIpc) is 2.66. The Balaban J connectivity index is 2.05. The summed E-state index contributed by atoms with van der Waals surface area (Å²) in [4.78, 5) is 26.5. The molecule has 138 valence electrons. The van der Waals surface area contributed by atoms with E-state index in [-0.39, 0.29) is 18.4 Å². The number of methoxy groups -OCH3 is 2. The molecule has 0 aliphatic carbocycles. The lowest BCUT2D eigenvalue weighted by atomic mass is 10.1. The number of nitrogens with zero attached hydrogens (tertiary/aromatic N) is 1. The maximum Gasteiger partial charge on any atom is 0.254 e. The molecule has 0 atom stereocenters. The molecule has 0 spiro atoms. The van der Waals surface area contributed by atoms with Gasteiger partial charge in [0, 0.05) is 17.8 Å². The first-order chi connectivity index (χ1) is 12.5. The van der Waals surface area contributed by atoms with Crippen LogP contribution in [0.15, 0.2) is 42.5 Å². The SMILES string of the molecule is CCN(CC(=O)Nc1ccc(OC)cc1)C(=O)c1ccc(C)c(OC)c1. The molecule has 2 aromatic carbocycles. The predicted octanol–water partition coefficient (Wildman–Crippen LogP) is 3.11. The number of carbonyl (C=O) groups excluding carboxylic acids is 2. The van der Waals surface area contributed by atoms with E-state index in [2.05, 4.69) is 5.32 Å². The van der Waals surface area contributed by atoms with Crippen molar-refractivity contribution in [1.29, 1.82) is 0 Å². The first kappa shape index (κ1) is 19.3. The zero-order valence-electron chi connectivity index (χ0n) is 15.5. The van der Waals surface area contributed by atoms with Gasteiger partial charge in [-0.05, 0) is 55.8 Å². The first-order valence-corrected chi connectivity index (χ1v) is 8.36. The smallest absolute Gasteiger partial charge is 0.254 e. The Kier molecular flexibility index (Phi) is 6.60. The molecule has 0 aliphatic rings. The molecule has 0 fully saturated rings. The summed E-state index contributed by atoms with van der Waals surface area (Å²) in [5, 5.41) is 2.78. The average molecular weight is 356 g/mol. The summed E-state index contributed by atoms with van der Waals surface area (Å²) in [7, 11) is 3.15. The van der Waals surface area contributed by atoms with Crippen molar-refractivity contribution >= 4 is 17.5 Å². The van der Waals surface area contributed by atoms with Gasteiger partial charge in [-0.2, -0.15) is 0 Å². The number of hydrogen-bond acceptors (Lipinski definition) is 4. The molecule has 2 amide bonds. The number of amides is 2. The summed E-state index contributed by atoms with van der Waals surface area (Å²) in [6.07, 6.45) is 0. The van der Waals surface area contributed by atoms with Gasteiger partial charge in [0.25, 0.3) is 5.91 Å². The number of anilines is 1. The summed E-state index contributed by atoms with van der Waals surface area (Å²) < 4.78 is 10.4. The van der Waals surface area contributed by atoms with Crippen molar-refractivity contribution in [3.05, 3.63) is 53.6 Å². The Morgan fingerprint density at radius 2 is 1.73 bits per heavy atom. The fourth-order valence-corrected chi connectivity index (χ4v) is 2.51. The van der Waals surface area contributed by atoms with Crippen LogP contribution in [0.1, 0.15) is 22.8 Å². The van der Waals surface area contributed by atoms with Crippen LogP contribution in [0.25, 0.3) is 0 Å². The number of nitrogens with one attached hydrogen (secondary N) is 1. The van der Waals surface area contributed by atoms with Crippen LogP contribution in [-0.4, -0.2) is 44.0 Å². The molecular weight excluding hydrogens is 332 g/mol. The number of hydrogen-bond donors (Lipinski definition) is 1. The predicted molar refractivity (Wildman–Crippen MR) is 101 cm³/mol. The molecule has 0 aliphatic heterocycles. The molecule has 0 unspecified atom stereocenters. The first-order valence-electron chi connectivity index (χ1n) is 8.36. The summed E-state index contributed by atoms with van der Waals surface area (Å²) in [5.41, 5.74) is 2.09. The maximum absolute atomic E-state index is 12.7. The van der Waals surface area contributed by atoms with Crippen LogP contribution in [0.3, 0.4) is 0 Å². The second kappa shape index (κ2) is 8.89. The fraction of sp³-hybridized carbons (Fsp3) is 0.300. The quantitative estimate of drug-likeness (QED) is 0.828. The second-order valence-corrected chi connectivity index (χ2v) is 5.78. The van der Waals surface area contributed by atoms with Gasteiger partial charge in [-0.3, -0.25) is 9.59 Å². The Morgan fingerprint density at radius 3 is 2.31 bits per heavy atom. The molecule has 2 rings (SSSR count). The third-order valence-electron chi connectivity index (χ3n) is 4.03. The Hall–Kier alpha value is -3.02. The van der Waals surface area contributed by atoms with Gasteiger partial charge in [0.2, 0.25) is 5.91 Å². The number of benzene rings is 2. The van der Waals surface area contributed by atoms with Gasteiger partial charge in [-0.15, -0.1) is 0 Å². The molecule has 0 saturated carbocycles. The fourth-order valence-electron chi connectivity index (χ4n) is 2.51. The molecule has 6 nitrogen and oxygen atoms in total. The lowest BCUT2D eigenvalue weighted by Crippen LogP contribution is -2.37. The van der Waals surface area contributed by atoms with Gasteiger partial charge in [0.05, 0.1) is 14.2 Å². The van der Waals surface area contributed by atoms with E-state index in [1.807, 2.05) is 19.9 Å². The number of likely N-dealkylation sites (N-methyl/N-ethyl adjacent to an activating group) is 1. The van der Waals surface area contributed by atoms with E-state index in [1.54, 1.807) is 50.6 Å². The third kappa shape index (κ3) is 4.75. The molecular formula is C20H24N2O4. The number of rotatable bonds is 7. The zero-order chi connectivity index (χ0) is 19.1. The van der Waals surface area contributed by atoms with E-state index in [9.17, 15) is 9.59 Å². The van der Waals surface area contributed by atoms with Crippen molar-refractivity contribution < 1.29 is 19.1 Å². The van der Waals surface area contributed by atoms with Gasteiger partial charge in [-0.1, -0.05) is 6.07 Å². The largest absolute Gasteiger partial charge is 0.497 e. The van der Waals surface area contributed by atoms with E-state index >= 15 is 0 Å². The Morgan fingerprint density at radius 1 is 1.04 bits per heavy atom. The second-order valence-electron chi connectivity index (χ2n) is 5.78. The standard InChI is InChI=1S/C20H24N2O4/c1-5-22(20(24)15-7-6-14(2)18(12-15)26-4)13-19(23)21-16-8-10-17(25-3)11-9-16/h6-12H,5,13H2,1-4H3,(H,21,23). The van der Waals surface area contributed by atoms with Crippen LogP contribution in [0.2, 0.25) is 0 Å². The highest BCUT2D eigenvalue weighted by molar-refractivity contribution is 5.99. The van der Waals surface area contributed by atoms with Gasteiger partial charge in [0.1, 0.15) is 18.0 Å². The summed E-state index contributed by atoms with van der Waals surface area (Å²) in [6.45, 7) is 4.14. The van der Waals surface area contributed by atoms with Gasteiger partial charge in [0.15, 0.2) is 0 Å². The van der Waals surface area contributed by atoms with E-state index in [0.717, 1.165) is 5.56 Å². The molecule has 0 aromatic heterocycles. The summed E-state index contributed by atoms with van der Waals surface area (Å²) in [5.74, 6) is 0.886. The molecule has 2 aromatic rings. The van der Waals surface area contributed by atoms with Crippen LogP contribution < -0.4 is 14.8 Å². The van der Waals surface area contributed by atoms with Crippen LogP contribution in [-0.2, 0) is 4.79 Å². The number of aryl methyl sites for hydroxylation is 1. The van der Waals surface area contributed by atoms with Crippen molar-refractivity contribution in [2.24, 2.45) is 0 Å². The monoisotopic (exact) mass is 356 g/mol.